The van der Waals surface area contributed by atoms with Crippen molar-refractivity contribution in [2.45, 2.75) is 6.92 Å². The highest BCUT2D eigenvalue weighted by molar-refractivity contribution is 8.04. The van der Waals surface area contributed by atoms with E-state index in [0.717, 1.165) is 16.7 Å². The van der Waals surface area contributed by atoms with E-state index in [2.05, 4.69) is 11.9 Å². The first-order chi connectivity index (χ1) is 11.5. The van der Waals surface area contributed by atoms with E-state index < -0.39 is 0 Å². The quantitative estimate of drug-likeness (QED) is 0.579. The molecule has 24 heavy (non-hydrogen) atoms. The fraction of sp³-hybridized carbons (Fsp3) is 0.235. The highest BCUT2D eigenvalue weighted by Crippen LogP contribution is 2.36. The molecule has 2 N–H and O–H groups in total. The zero-order valence-corrected chi connectivity index (χ0v) is 14.1. The summed E-state index contributed by atoms with van der Waals surface area (Å²) in [4.78, 5) is 37.6. The van der Waals surface area contributed by atoms with Crippen LogP contribution in [0.25, 0.3) is 5.57 Å². The maximum Gasteiger partial charge on any atom is 0.268 e. The average molecular weight is 346 g/mol. The number of nitrogens with zero attached hydrogens (tertiary/aromatic N) is 1. The van der Waals surface area contributed by atoms with Crippen LogP contribution in [0, 0.1) is 0 Å². The van der Waals surface area contributed by atoms with E-state index in [-0.39, 0.29) is 30.9 Å². The predicted molar refractivity (Wildman–Crippen MR) is 94.1 cm³/mol. The lowest BCUT2D eigenvalue weighted by atomic mass is 10.1. The molecule has 7 heteroatoms. The normalized spacial score (nSPS) is 14.3. The minimum Gasteiger partial charge on any atom is -0.396 e. The topological polar surface area (TPSA) is 86.7 Å². The van der Waals surface area contributed by atoms with Gasteiger partial charge in [-0.25, -0.2) is 0 Å². The van der Waals surface area contributed by atoms with Gasteiger partial charge in [0.25, 0.3) is 11.8 Å². The van der Waals surface area contributed by atoms with Gasteiger partial charge in [-0.1, -0.05) is 18.2 Å². The van der Waals surface area contributed by atoms with Crippen LogP contribution in [0.3, 0.4) is 0 Å². The third-order valence-corrected chi connectivity index (χ3v) is 4.32. The van der Waals surface area contributed by atoms with E-state index >= 15 is 0 Å². The summed E-state index contributed by atoms with van der Waals surface area (Å²) in [6, 6.07) is 6.71. The van der Waals surface area contributed by atoms with E-state index in [9.17, 15) is 14.4 Å². The third-order valence-electron chi connectivity index (χ3n) is 3.27. The van der Waals surface area contributed by atoms with E-state index in [1.807, 2.05) is 0 Å². The second-order valence-electron chi connectivity index (χ2n) is 5.04. The molecular weight excluding hydrogens is 328 g/mol. The van der Waals surface area contributed by atoms with Crippen LogP contribution in [0.15, 0.2) is 41.8 Å². The smallest absolute Gasteiger partial charge is 0.268 e. The van der Waals surface area contributed by atoms with Gasteiger partial charge in [-0.05, 0) is 17.7 Å². The van der Waals surface area contributed by atoms with Crippen molar-refractivity contribution in [2.75, 3.05) is 24.2 Å². The van der Waals surface area contributed by atoms with Gasteiger partial charge in [-0.15, -0.1) is 18.3 Å². The number of aliphatic hydroxyl groups is 1. The first-order valence-electron chi connectivity index (χ1n) is 7.32. The Morgan fingerprint density at radius 2 is 1.96 bits per heavy atom. The predicted octanol–water partition coefficient (Wildman–Crippen LogP) is 1.64. The lowest BCUT2D eigenvalue weighted by Crippen LogP contribution is -2.31. The molecule has 0 aliphatic carbocycles. The summed E-state index contributed by atoms with van der Waals surface area (Å²) < 4.78 is 0. The molecule has 0 radical (unpaired) electrons. The summed E-state index contributed by atoms with van der Waals surface area (Å²) in [7, 11) is 0. The molecule has 1 aromatic carbocycles. The molecule has 0 saturated carbocycles. The van der Waals surface area contributed by atoms with Gasteiger partial charge < -0.3 is 10.4 Å². The standard InChI is InChI=1S/C17H18N2O4S/c1-3-8-19-16(22)14(15(17(19)23)24-10-9-20)12-4-6-13(7-5-12)18-11(2)21/h3-7,20H,1,8-10H2,2H3,(H,18,21). The minimum atomic E-state index is -0.382. The summed E-state index contributed by atoms with van der Waals surface area (Å²) in [5.74, 6) is -0.624. The Hall–Kier alpha value is -2.38. The summed E-state index contributed by atoms with van der Waals surface area (Å²) in [6.07, 6.45) is 1.49. The van der Waals surface area contributed by atoms with Crippen molar-refractivity contribution in [2.24, 2.45) is 0 Å². The van der Waals surface area contributed by atoms with Crippen molar-refractivity contribution >= 4 is 40.7 Å². The monoisotopic (exact) mass is 346 g/mol. The molecule has 1 aromatic rings. The molecule has 0 fully saturated rings. The Bertz CT molecular complexity index is 710. The van der Waals surface area contributed by atoms with Crippen molar-refractivity contribution < 1.29 is 19.5 Å². The number of imide groups is 1. The Morgan fingerprint density at radius 1 is 1.29 bits per heavy atom. The highest BCUT2D eigenvalue weighted by Gasteiger charge is 2.38. The SMILES string of the molecule is C=CCN1C(=O)C(SCCO)=C(c2ccc(NC(C)=O)cc2)C1=O. The summed E-state index contributed by atoms with van der Waals surface area (Å²) in [5, 5.41) is 11.7. The van der Waals surface area contributed by atoms with Gasteiger partial charge in [0.05, 0.1) is 17.1 Å². The van der Waals surface area contributed by atoms with Crippen molar-refractivity contribution in [3.8, 4) is 0 Å². The Kier molecular flexibility index (Phi) is 5.94. The maximum absolute atomic E-state index is 12.6. The Morgan fingerprint density at radius 3 is 2.50 bits per heavy atom. The first kappa shape index (κ1) is 18.0. The number of carbonyl (C=O) groups excluding carboxylic acids is 3. The lowest BCUT2D eigenvalue weighted by molar-refractivity contribution is -0.135. The van der Waals surface area contributed by atoms with Gasteiger partial charge >= 0.3 is 0 Å². The van der Waals surface area contributed by atoms with Gasteiger partial charge in [0.2, 0.25) is 5.91 Å². The van der Waals surface area contributed by atoms with E-state index in [4.69, 9.17) is 5.11 Å². The zero-order valence-electron chi connectivity index (χ0n) is 13.2. The Balaban J connectivity index is 2.39. The summed E-state index contributed by atoms with van der Waals surface area (Å²) in [6.45, 7) is 5.02. The van der Waals surface area contributed by atoms with Gasteiger partial charge in [0.1, 0.15) is 0 Å². The number of thioether (sulfide) groups is 1. The number of hydrogen-bond acceptors (Lipinski definition) is 5. The number of benzene rings is 1. The van der Waals surface area contributed by atoms with Crippen LogP contribution < -0.4 is 5.32 Å². The van der Waals surface area contributed by atoms with Gasteiger partial charge in [0.15, 0.2) is 0 Å². The number of carbonyl (C=O) groups is 3. The van der Waals surface area contributed by atoms with Crippen molar-refractivity contribution in [1.29, 1.82) is 0 Å². The number of amides is 3. The van der Waals surface area contributed by atoms with Gasteiger partial charge in [-0.2, -0.15) is 0 Å². The first-order valence-corrected chi connectivity index (χ1v) is 8.31. The molecule has 6 nitrogen and oxygen atoms in total. The average Bonchev–Trinajstić information content (AvgIpc) is 2.78. The third kappa shape index (κ3) is 3.74. The molecule has 3 amide bonds. The van der Waals surface area contributed by atoms with Crippen molar-refractivity contribution in [1.82, 2.24) is 4.90 Å². The molecule has 0 aromatic heterocycles. The molecule has 0 atom stereocenters. The van der Waals surface area contributed by atoms with Crippen LogP contribution in [-0.2, 0) is 14.4 Å². The maximum atomic E-state index is 12.6. The molecule has 1 aliphatic rings. The molecule has 0 spiro atoms. The fourth-order valence-corrected chi connectivity index (χ4v) is 3.19. The zero-order chi connectivity index (χ0) is 17.7. The molecule has 0 saturated heterocycles. The van der Waals surface area contributed by atoms with Gasteiger partial charge in [-0.3, -0.25) is 19.3 Å². The fourth-order valence-electron chi connectivity index (χ4n) is 2.31. The van der Waals surface area contributed by atoms with Crippen LogP contribution in [0.1, 0.15) is 12.5 Å². The number of rotatable bonds is 7. The van der Waals surface area contributed by atoms with E-state index in [1.54, 1.807) is 24.3 Å². The van der Waals surface area contributed by atoms with E-state index in [1.165, 1.54) is 13.0 Å². The number of nitrogens with one attached hydrogen (secondary N) is 1. The Labute approximate surface area is 144 Å². The highest BCUT2D eigenvalue weighted by atomic mass is 32.2. The van der Waals surface area contributed by atoms with Crippen LogP contribution >= 0.6 is 11.8 Å². The number of anilines is 1. The van der Waals surface area contributed by atoms with Crippen LogP contribution in [0.4, 0.5) is 5.69 Å². The summed E-state index contributed by atoms with van der Waals surface area (Å²) in [5.41, 5.74) is 1.51. The summed E-state index contributed by atoms with van der Waals surface area (Å²) >= 11 is 1.16. The molecule has 1 aliphatic heterocycles. The minimum absolute atomic E-state index is 0.0914. The second-order valence-corrected chi connectivity index (χ2v) is 6.15. The van der Waals surface area contributed by atoms with Crippen LogP contribution in [0.5, 0.6) is 0 Å². The molecule has 1 heterocycles. The molecule has 0 bridgehead atoms. The second kappa shape index (κ2) is 7.94. The van der Waals surface area contributed by atoms with Crippen LogP contribution in [-0.4, -0.2) is 46.6 Å². The van der Waals surface area contributed by atoms with Crippen molar-refractivity contribution in [3.63, 3.8) is 0 Å². The van der Waals surface area contributed by atoms with E-state index in [0.29, 0.717) is 27.5 Å². The molecule has 2 rings (SSSR count). The van der Waals surface area contributed by atoms with Crippen molar-refractivity contribution in [3.05, 3.63) is 47.4 Å². The van der Waals surface area contributed by atoms with Crippen LogP contribution in [0.2, 0.25) is 0 Å². The molecular formula is C17H18N2O4S. The largest absolute Gasteiger partial charge is 0.396 e. The van der Waals surface area contributed by atoms with Gasteiger partial charge in [0, 0.05) is 24.9 Å². The number of hydrogen-bond donors (Lipinski definition) is 2. The lowest BCUT2D eigenvalue weighted by Gasteiger charge is -2.12. The molecule has 126 valence electrons. The number of aliphatic hydroxyl groups excluding tert-OH is 1. The molecule has 0 unspecified atom stereocenters.